The summed E-state index contributed by atoms with van der Waals surface area (Å²) in [6.45, 7) is 2.02. The Morgan fingerprint density at radius 3 is 2.68 bits per heavy atom. The molecule has 0 unspecified atom stereocenters. The van der Waals surface area contributed by atoms with Gasteiger partial charge in [-0.15, -0.1) is 11.8 Å². The minimum Gasteiger partial charge on any atom is -0.478 e. The smallest absolute Gasteiger partial charge is 0.338 e. The molecule has 0 atom stereocenters. The normalized spacial score (nSPS) is 10.4. The lowest BCUT2D eigenvalue weighted by Crippen LogP contribution is -2.01. The Morgan fingerprint density at radius 1 is 1.26 bits per heavy atom. The third kappa shape index (κ3) is 3.35. The van der Waals surface area contributed by atoms with Gasteiger partial charge in [0.15, 0.2) is 0 Å². The highest BCUT2D eigenvalue weighted by Crippen LogP contribution is 2.26. The number of aromatic carboxylic acids is 1. The molecule has 0 saturated carbocycles. The van der Waals surface area contributed by atoms with Gasteiger partial charge in [0.2, 0.25) is 0 Å². The van der Waals surface area contributed by atoms with Gasteiger partial charge in [0, 0.05) is 10.6 Å². The molecule has 0 aliphatic heterocycles. The molecule has 4 heteroatoms. The van der Waals surface area contributed by atoms with Crippen LogP contribution in [0.25, 0.3) is 0 Å². The van der Waals surface area contributed by atoms with Crippen molar-refractivity contribution in [2.45, 2.75) is 17.6 Å². The van der Waals surface area contributed by atoms with Crippen LogP contribution in [0.15, 0.2) is 47.4 Å². The van der Waals surface area contributed by atoms with E-state index in [0.717, 1.165) is 10.5 Å². The first-order chi connectivity index (χ1) is 9.08. The van der Waals surface area contributed by atoms with Crippen molar-refractivity contribution in [1.29, 1.82) is 0 Å². The largest absolute Gasteiger partial charge is 0.478 e. The number of halogens is 1. The lowest BCUT2D eigenvalue weighted by molar-refractivity contribution is 0.0692. The van der Waals surface area contributed by atoms with Gasteiger partial charge in [0.05, 0.1) is 5.56 Å². The first kappa shape index (κ1) is 13.6. The summed E-state index contributed by atoms with van der Waals surface area (Å²) in [5.41, 5.74) is 1.70. The molecule has 0 saturated heterocycles. The Bertz CT molecular complexity index is 611. The summed E-state index contributed by atoms with van der Waals surface area (Å²) in [4.78, 5) is 12.0. The van der Waals surface area contributed by atoms with Crippen LogP contribution < -0.4 is 0 Å². The van der Waals surface area contributed by atoms with Crippen molar-refractivity contribution in [2.24, 2.45) is 0 Å². The van der Waals surface area contributed by atoms with Gasteiger partial charge in [-0.25, -0.2) is 9.18 Å². The molecule has 2 aromatic rings. The number of hydrogen-bond acceptors (Lipinski definition) is 2. The predicted molar refractivity (Wildman–Crippen MR) is 74.1 cm³/mol. The van der Waals surface area contributed by atoms with Crippen molar-refractivity contribution in [1.82, 2.24) is 0 Å². The van der Waals surface area contributed by atoms with Gasteiger partial charge >= 0.3 is 5.97 Å². The zero-order chi connectivity index (χ0) is 13.8. The van der Waals surface area contributed by atoms with E-state index in [-0.39, 0.29) is 5.56 Å². The van der Waals surface area contributed by atoms with E-state index >= 15 is 0 Å². The molecular formula is C15H13FO2S. The highest BCUT2D eigenvalue weighted by molar-refractivity contribution is 7.98. The standard InChI is InChI=1S/C15H13FO2S/c1-10-4-2-3-5-14(10)19-9-11-6-7-13(16)12(8-11)15(17)18/h2-8H,9H2,1H3,(H,17,18). The first-order valence-corrected chi connectivity index (χ1v) is 6.76. The maximum absolute atomic E-state index is 13.3. The molecule has 2 aromatic carbocycles. The van der Waals surface area contributed by atoms with Crippen LogP contribution in [0, 0.1) is 12.7 Å². The van der Waals surface area contributed by atoms with Crippen molar-refractivity contribution < 1.29 is 14.3 Å². The van der Waals surface area contributed by atoms with Gasteiger partial charge < -0.3 is 5.11 Å². The van der Waals surface area contributed by atoms with Gasteiger partial charge in [-0.2, -0.15) is 0 Å². The van der Waals surface area contributed by atoms with E-state index < -0.39 is 11.8 Å². The summed E-state index contributed by atoms with van der Waals surface area (Å²) in [6, 6.07) is 12.2. The van der Waals surface area contributed by atoms with Crippen molar-refractivity contribution in [3.8, 4) is 0 Å². The second-order valence-electron chi connectivity index (χ2n) is 4.17. The molecule has 2 rings (SSSR count). The zero-order valence-corrected chi connectivity index (χ0v) is 11.2. The average Bonchev–Trinajstić information content (AvgIpc) is 2.39. The fraction of sp³-hybridized carbons (Fsp3) is 0.133. The second-order valence-corrected chi connectivity index (χ2v) is 5.19. The molecule has 0 amide bonds. The summed E-state index contributed by atoms with van der Waals surface area (Å²) in [7, 11) is 0. The van der Waals surface area contributed by atoms with Crippen molar-refractivity contribution >= 4 is 17.7 Å². The number of hydrogen-bond donors (Lipinski definition) is 1. The maximum atomic E-state index is 13.3. The van der Waals surface area contributed by atoms with Crippen LogP contribution in [0.4, 0.5) is 4.39 Å². The molecule has 0 heterocycles. The average molecular weight is 276 g/mol. The van der Waals surface area contributed by atoms with E-state index in [4.69, 9.17) is 5.11 Å². The topological polar surface area (TPSA) is 37.3 Å². The lowest BCUT2D eigenvalue weighted by atomic mass is 10.1. The van der Waals surface area contributed by atoms with Crippen LogP contribution in [0.3, 0.4) is 0 Å². The molecule has 2 nitrogen and oxygen atoms in total. The minimum atomic E-state index is -1.24. The Morgan fingerprint density at radius 2 is 2.00 bits per heavy atom. The SMILES string of the molecule is Cc1ccccc1SCc1ccc(F)c(C(=O)O)c1. The van der Waals surface area contributed by atoms with E-state index in [1.165, 1.54) is 17.7 Å². The molecule has 0 spiro atoms. The molecule has 0 radical (unpaired) electrons. The van der Waals surface area contributed by atoms with E-state index in [0.29, 0.717) is 5.75 Å². The quantitative estimate of drug-likeness (QED) is 0.853. The van der Waals surface area contributed by atoms with Crippen LogP contribution >= 0.6 is 11.8 Å². The Kier molecular flexibility index (Phi) is 4.22. The van der Waals surface area contributed by atoms with Crippen LogP contribution in [-0.4, -0.2) is 11.1 Å². The van der Waals surface area contributed by atoms with Crippen LogP contribution in [0.2, 0.25) is 0 Å². The fourth-order valence-corrected chi connectivity index (χ4v) is 2.68. The van der Waals surface area contributed by atoms with E-state index in [2.05, 4.69) is 0 Å². The highest BCUT2D eigenvalue weighted by atomic mass is 32.2. The summed E-state index contributed by atoms with van der Waals surface area (Å²) >= 11 is 1.61. The van der Waals surface area contributed by atoms with Crippen LogP contribution in [0.5, 0.6) is 0 Å². The highest BCUT2D eigenvalue weighted by Gasteiger charge is 2.11. The molecule has 0 aromatic heterocycles. The number of thioether (sulfide) groups is 1. The van der Waals surface area contributed by atoms with Gasteiger partial charge in [0.1, 0.15) is 5.82 Å². The van der Waals surface area contributed by atoms with Gasteiger partial charge in [0.25, 0.3) is 0 Å². The number of carboxylic acids is 1. The summed E-state index contributed by atoms with van der Waals surface area (Å²) in [6.07, 6.45) is 0. The molecule has 0 aliphatic rings. The van der Waals surface area contributed by atoms with Gasteiger partial charge in [-0.3, -0.25) is 0 Å². The number of rotatable bonds is 4. The monoisotopic (exact) mass is 276 g/mol. The summed E-state index contributed by atoms with van der Waals surface area (Å²) in [5, 5.41) is 8.87. The summed E-state index contributed by atoms with van der Waals surface area (Å²) in [5.74, 6) is -1.32. The number of carbonyl (C=O) groups is 1. The Balaban J connectivity index is 2.14. The maximum Gasteiger partial charge on any atom is 0.338 e. The lowest BCUT2D eigenvalue weighted by Gasteiger charge is -2.06. The molecule has 19 heavy (non-hydrogen) atoms. The fourth-order valence-electron chi connectivity index (χ4n) is 1.71. The van der Waals surface area contributed by atoms with Crippen LogP contribution in [-0.2, 0) is 5.75 Å². The third-order valence-electron chi connectivity index (χ3n) is 2.75. The molecule has 0 bridgehead atoms. The number of carboxylic acid groups (broad SMARTS) is 1. The first-order valence-electron chi connectivity index (χ1n) is 5.78. The van der Waals surface area contributed by atoms with Crippen molar-refractivity contribution in [3.05, 3.63) is 65.0 Å². The van der Waals surface area contributed by atoms with Gasteiger partial charge in [-0.05, 0) is 36.2 Å². The predicted octanol–water partition coefficient (Wildman–Crippen LogP) is 4.12. The second kappa shape index (κ2) is 5.89. The molecule has 0 fully saturated rings. The Labute approximate surface area is 115 Å². The van der Waals surface area contributed by atoms with Crippen molar-refractivity contribution in [2.75, 3.05) is 0 Å². The molecule has 98 valence electrons. The van der Waals surface area contributed by atoms with E-state index in [1.54, 1.807) is 17.8 Å². The molecular weight excluding hydrogens is 263 g/mol. The molecule has 1 N–H and O–H groups in total. The summed E-state index contributed by atoms with van der Waals surface area (Å²) < 4.78 is 13.3. The number of aryl methyl sites for hydroxylation is 1. The third-order valence-corrected chi connectivity index (χ3v) is 4.00. The van der Waals surface area contributed by atoms with E-state index in [9.17, 15) is 9.18 Å². The van der Waals surface area contributed by atoms with Crippen molar-refractivity contribution in [3.63, 3.8) is 0 Å². The minimum absolute atomic E-state index is 0.275. The van der Waals surface area contributed by atoms with Gasteiger partial charge in [-0.1, -0.05) is 24.3 Å². The van der Waals surface area contributed by atoms with E-state index in [1.807, 2.05) is 31.2 Å². The van der Waals surface area contributed by atoms with Crippen LogP contribution in [0.1, 0.15) is 21.5 Å². The number of benzene rings is 2. The Hall–Kier alpha value is -1.81. The zero-order valence-electron chi connectivity index (χ0n) is 10.4. The molecule has 0 aliphatic carbocycles.